The Labute approximate surface area is 99.2 Å². The summed E-state index contributed by atoms with van der Waals surface area (Å²) in [5.74, 6) is 0.125. The van der Waals surface area contributed by atoms with Gasteiger partial charge in [-0.3, -0.25) is 4.79 Å². The minimum absolute atomic E-state index is 0.189. The van der Waals surface area contributed by atoms with Crippen LogP contribution in [0.1, 0.15) is 53.9 Å². The molecule has 3 atom stereocenters. The molecule has 3 nitrogen and oxygen atoms in total. The molecule has 0 bridgehead atoms. The van der Waals surface area contributed by atoms with Crippen molar-refractivity contribution in [1.29, 1.82) is 0 Å². The monoisotopic (exact) mass is 226 g/mol. The predicted octanol–water partition coefficient (Wildman–Crippen LogP) is 2.05. The molecule has 0 radical (unpaired) electrons. The van der Waals surface area contributed by atoms with Crippen molar-refractivity contribution >= 4 is 5.91 Å². The first-order valence-corrected chi connectivity index (χ1v) is 6.31. The van der Waals surface area contributed by atoms with E-state index in [1.54, 1.807) is 0 Å². The van der Waals surface area contributed by atoms with Crippen molar-refractivity contribution in [3.63, 3.8) is 0 Å². The number of nitrogens with one attached hydrogen (secondary N) is 1. The van der Waals surface area contributed by atoms with Crippen molar-refractivity contribution in [1.82, 2.24) is 5.32 Å². The normalized spacial score (nSPS) is 34.9. The molecule has 0 aromatic rings. The standard InChI is InChI=1S/C13H26N2O/c1-6-10(3)15-13(11(14)16)8-12(4,5)7-9(13)2/h9-10,15H,6-8H2,1-5H3,(H2,14,16). The zero-order chi connectivity index (χ0) is 12.6. The number of hydrogen-bond donors (Lipinski definition) is 2. The van der Waals surface area contributed by atoms with E-state index in [1.165, 1.54) is 0 Å². The molecule has 0 aromatic carbocycles. The van der Waals surface area contributed by atoms with Gasteiger partial charge in [-0.25, -0.2) is 0 Å². The maximum Gasteiger partial charge on any atom is 0.238 e. The second kappa shape index (κ2) is 4.36. The van der Waals surface area contributed by atoms with E-state index in [4.69, 9.17) is 5.73 Å². The van der Waals surface area contributed by atoms with E-state index in [0.29, 0.717) is 12.0 Å². The third-order valence-corrected chi connectivity index (χ3v) is 4.01. The molecule has 94 valence electrons. The van der Waals surface area contributed by atoms with Gasteiger partial charge in [-0.2, -0.15) is 0 Å². The average Bonchev–Trinajstić information content (AvgIpc) is 2.37. The first kappa shape index (κ1) is 13.5. The minimum Gasteiger partial charge on any atom is -0.368 e. The van der Waals surface area contributed by atoms with Crippen LogP contribution in [-0.2, 0) is 4.79 Å². The molecule has 1 aliphatic rings. The van der Waals surface area contributed by atoms with Gasteiger partial charge in [-0.05, 0) is 37.5 Å². The van der Waals surface area contributed by atoms with Crippen LogP contribution in [0.15, 0.2) is 0 Å². The van der Waals surface area contributed by atoms with Crippen molar-refractivity contribution in [2.45, 2.75) is 65.5 Å². The van der Waals surface area contributed by atoms with Crippen LogP contribution in [0, 0.1) is 11.3 Å². The summed E-state index contributed by atoms with van der Waals surface area (Å²) in [5, 5.41) is 3.47. The summed E-state index contributed by atoms with van der Waals surface area (Å²) in [6, 6.07) is 0.337. The topological polar surface area (TPSA) is 55.1 Å². The smallest absolute Gasteiger partial charge is 0.238 e. The number of hydrogen-bond acceptors (Lipinski definition) is 2. The van der Waals surface area contributed by atoms with Crippen LogP contribution in [0.3, 0.4) is 0 Å². The molecule has 16 heavy (non-hydrogen) atoms. The first-order chi connectivity index (χ1) is 7.23. The zero-order valence-corrected chi connectivity index (χ0v) is 11.3. The van der Waals surface area contributed by atoms with Gasteiger partial charge in [-0.15, -0.1) is 0 Å². The van der Waals surface area contributed by atoms with Crippen LogP contribution in [-0.4, -0.2) is 17.5 Å². The quantitative estimate of drug-likeness (QED) is 0.771. The maximum atomic E-state index is 11.8. The molecular weight excluding hydrogens is 200 g/mol. The first-order valence-electron chi connectivity index (χ1n) is 6.31. The van der Waals surface area contributed by atoms with Crippen molar-refractivity contribution in [2.24, 2.45) is 17.1 Å². The second-order valence-electron chi connectivity index (χ2n) is 6.24. The average molecular weight is 226 g/mol. The Morgan fingerprint density at radius 1 is 1.56 bits per heavy atom. The molecule has 1 fully saturated rings. The number of nitrogens with two attached hydrogens (primary N) is 1. The molecule has 3 heteroatoms. The number of carbonyl (C=O) groups is 1. The van der Waals surface area contributed by atoms with Gasteiger partial charge >= 0.3 is 0 Å². The lowest BCUT2D eigenvalue weighted by atomic mass is 9.85. The molecular formula is C13H26N2O. The Bertz CT molecular complexity index is 275. The van der Waals surface area contributed by atoms with E-state index in [0.717, 1.165) is 19.3 Å². The fraction of sp³-hybridized carbons (Fsp3) is 0.923. The second-order valence-corrected chi connectivity index (χ2v) is 6.24. The predicted molar refractivity (Wildman–Crippen MR) is 67.0 cm³/mol. The highest BCUT2D eigenvalue weighted by Crippen LogP contribution is 2.47. The Balaban J connectivity index is 2.94. The molecule has 1 rings (SSSR count). The van der Waals surface area contributed by atoms with Gasteiger partial charge in [0.1, 0.15) is 5.54 Å². The largest absolute Gasteiger partial charge is 0.368 e. The summed E-state index contributed by atoms with van der Waals surface area (Å²) in [6.07, 6.45) is 2.92. The fourth-order valence-corrected chi connectivity index (χ4v) is 3.14. The van der Waals surface area contributed by atoms with Gasteiger partial charge in [0, 0.05) is 6.04 Å². The van der Waals surface area contributed by atoms with Gasteiger partial charge in [0.15, 0.2) is 0 Å². The fourth-order valence-electron chi connectivity index (χ4n) is 3.14. The molecule has 1 aliphatic carbocycles. The van der Waals surface area contributed by atoms with Gasteiger partial charge in [0.05, 0.1) is 0 Å². The van der Waals surface area contributed by atoms with Crippen LogP contribution in [0.4, 0.5) is 0 Å². The molecule has 0 spiro atoms. The van der Waals surface area contributed by atoms with Crippen LogP contribution < -0.4 is 11.1 Å². The molecule has 0 saturated heterocycles. The molecule has 1 amide bonds. The number of carbonyl (C=O) groups excluding carboxylic acids is 1. The summed E-state index contributed by atoms with van der Waals surface area (Å²) < 4.78 is 0. The molecule has 0 aromatic heterocycles. The third kappa shape index (κ3) is 2.40. The highest BCUT2D eigenvalue weighted by molar-refractivity contribution is 5.85. The van der Waals surface area contributed by atoms with E-state index in [1.807, 2.05) is 0 Å². The van der Waals surface area contributed by atoms with Crippen molar-refractivity contribution in [2.75, 3.05) is 0 Å². The number of amides is 1. The molecule has 3 unspecified atom stereocenters. The highest BCUT2D eigenvalue weighted by Gasteiger charge is 2.52. The van der Waals surface area contributed by atoms with Crippen molar-refractivity contribution < 1.29 is 4.79 Å². The lowest BCUT2D eigenvalue weighted by Gasteiger charge is -2.35. The zero-order valence-electron chi connectivity index (χ0n) is 11.3. The van der Waals surface area contributed by atoms with E-state index in [2.05, 4.69) is 39.9 Å². The lowest BCUT2D eigenvalue weighted by Crippen LogP contribution is -2.60. The van der Waals surface area contributed by atoms with E-state index < -0.39 is 5.54 Å². The Morgan fingerprint density at radius 3 is 2.44 bits per heavy atom. The number of rotatable bonds is 4. The van der Waals surface area contributed by atoms with Crippen LogP contribution in [0.25, 0.3) is 0 Å². The molecule has 3 N–H and O–H groups in total. The van der Waals surface area contributed by atoms with Gasteiger partial charge in [0.25, 0.3) is 0 Å². The third-order valence-electron chi connectivity index (χ3n) is 4.01. The molecule has 0 aliphatic heterocycles. The van der Waals surface area contributed by atoms with Crippen LogP contribution in [0.5, 0.6) is 0 Å². The number of primary amides is 1. The van der Waals surface area contributed by atoms with Crippen molar-refractivity contribution in [3.05, 3.63) is 0 Å². The summed E-state index contributed by atoms with van der Waals surface area (Å²) in [5.41, 5.74) is 5.35. The SMILES string of the molecule is CCC(C)NC1(C(N)=O)CC(C)(C)CC1C. The summed E-state index contributed by atoms with van der Waals surface area (Å²) >= 11 is 0. The van der Waals surface area contributed by atoms with Gasteiger partial charge < -0.3 is 11.1 Å². The highest BCUT2D eigenvalue weighted by atomic mass is 16.1. The van der Waals surface area contributed by atoms with Crippen molar-refractivity contribution in [3.8, 4) is 0 Å². The Morgan fingerprint density at radius 2 is 2.12 bits per heavy atom. The Hall–Kier alpha value is -0.570. The van der Waals surface area contributed by atoms with Crippen LogP contribution in [0.2, 0.25) is 0 Å². The maximum absolute atomic E-state index is 11.8. The summed E-state index contributed by atoms with van der Waals surface area (Å²) in [4.78, 5) is 11.8. The van der Waals surface area contributed by atoms with Crippen LogP contribution >= 0.6 is 0 Å². The van der Waals surface area contributed by atoms with E-state index in [9.17, 15) is 4.79 Å². The van der Waals surface area contributed by atoms with E-state index in [-0.39, 0.29) is 11.3 Å². The van der Waals surface area contributed by atoms with Gasteiger partial charge in [0.2, 0.25) is 5.91 Å². The minimum atomic E-state index is -0.501. The Kier molecular flexibility index (Phi) is 3.68. The summed E-state index contributed by atoms with van der Waals surface area (Å²) in [7, 11) is 0. The lowest BCUT2D eigenvalue weighted by molar-refractivity contribution is -0.126. The van der Waals surface area contributed by atoms with E-state index >= 15 is 0 Å². The molecule has 0 heterocycles. The summed E-state index contributed by atoms with van der Waals surface area (Å²) in [6.45, 7) is 10.8. The molecule has 1 saturated carbocycles. The van der Waals surface area contributed by atoms with Gasteiger partial charge in [-0.1, -0.05) is 27.7 Å².